The van der Waals surface area contributed by atoms with E-state index in [1.165, 1.54) is 12.1 Å². The van der Waals surface area contributed by atoms with E-state index in [4.69, 9.17) is 4.18 Å². The van der Waals surface area contributed by atoms with Gasteiger partial charge in [-0.15, -0.1) is 0 Å². The van der Waals surface area contributed by atoms with Gasteiger partial charge in [-0.2, -0.15) is 8.42 Å². The SMILES string of the molecule is CCC(C)C(=O)N(Cc1ccc(F)cc1)Cc1ccc(OS(C)(=O)=O)cc1. The maximum atomic E-state index is 13.1. The Kier molecular flexibility index (Phi) is 6.96. The van der Waals surface area contributed by atoms with Gasteiger partial charge in [0.1, 0.15) is 11.6 Å². The lowest BCUT2D eigenvalue weighted by atomic mass is 10.1. The smallest absolute Gasteiger partial charge is 0.306 e. The molecule has 0 bridgehead atoms. The van der Waals surface area contributed by atoms with Gasteiger partial charge in [0.15, 0.2) is 0 Å². The quantitative estimate of drug-likeness (QED) is 0.641. The molecule has 0 aliphatic carbocycles. The van der Waals surface area contributed by atoms with E-state index < -0.39 is 10.1 Å². The van der Waals surface area contributed by atoms with Crippen LogP contribution in [-0.4, -0.2) is 25.5 Å². The Bertz CT molecular complexity index is 864. The summed E-state index contributed by atoms with van der Waals surface area (Å²) < 4.78 is 40.3. The molecule has 0 fully saturated rings. The Labute approximate surface area is 159 Å². The summed E-state index contributed by atoms with van der Waals surface area (Å²) in [6.45, 7) is 4.56. The molecule has 5 nitrogen and oxygen atoms in total. The van der Waals surface area contributed by atoms with Crippen molar-refractivity contribution in [3.05, 3.63) is 65.5 Å². The van der Waals surface area contributed by atoms with Crippen LogP contribution >= 0.6 is 0 Å². The minimum Gasteiger partial charge on any atom is -0.383 e. The highest BCUT2D eigenvalue weighted by molar-refractivity contribution is 7.86. The fourth-order valence-electron chi connectivity index (χ4n) is 2.55. The molecule has 2 rings (SSSR count). The standard InChI is InChI=1S/C20H24FNO4S/c1-4-15(2)20(23)22(13-16-5-9-18(21)10-6-16)14-17-7-11-19(12-8-17)26-27(3,24)25/h5-12,15H,4,13-14H2,1-3H3. The minimum atomic E-state index is -3.58. The lowest BCUT2D eigenvalue weighted by Crippen LogP contribution is -2.34. The van der Waals surface area contributed by atoms with Gasteiger partial charge in [0, 0.05) is 19.0 Å². The van der Waals surface area contributed by atoms with Crippen LogP contribution in [-0.2, 0) is 28.0 Å². The first-order valence-electron chi connectivity index (χ1n) is 8.69. The molecule has 0 aromatic heterocycles. The van der Waals surface area contributed by atoms with Gasteiger partial charge in [0.25, 0.3) is 0 Å². The molecular weight excluding hydrogens is 369 g/mol. The van der Waals surface area contributed by atoms with Crippen molar-refractivity contribution in [1.29, 1.82) is 0 Å². The fourth-order valence-corrected chi connectivity index (χ4v) is 3.01. The van der Waals surface area contributed by atoms with Gasteiger partial charge < -0.3 is 9.08 Å². The molecule has 7 heteroatoms. The number of nitrogens with zero attached hydrogens (tertiary/aromatic N) is 1. The van der Waals surface area contributed by atoms with Crippen LogP contribution in [0, 0.1) is 11.7 Å². The van der Waals surface area contributed by atoms with Gasteiger partial charge in [0.2, 0.25) is 5.91 Å². The van der Waals surface area contributed by atoms with E-state index >= 15 is 0 Å². The van der Waals surface area contributed by atoms with E-state index in [0.29, 0.717) is 13.1 Å². The average Bonchev–Trinajstić information content (AvgIpc) is 2.62. The average molecular weight is 393 g/mol. The topological polar surface area (TPSA) is 63.7 Å². The molecule has 0 saturated carbocycles. The maximum absolute atomic E-state index is 13.1. The molecule has 146 valence electrons. The third kappa shape index (κ3) is 6.67. The third-order valence-corrected chi connectivity index (χ3v) is 4.67. The molecule has 0 N–H and O–H groups in total. The van der Waals surface area contributed by atoms with Crippen molar-refractivity contribution in [1.82, 2.24) is 4.90 Å². The zero-order valence-electron chi connectivity index (χ0n) is 15.7. The van der Waals surface area contributed by atoms with Crippen molar-refractivity contribution in [3.63, 3.8) is 0 Å². The molecule has 0 spiro atoms. The minimum absolute atomic E-state index is 0.0123. The van der Waals surface area contributed by atoms with Crippen LogP contribution in [0.4, 0.5) is 4.39 Å². The molecular formula is C20H24FNO4S. The summed E-state index contributed by atoms with van der Waals surface area (Å²) in [6.07, 6.45) is 1.70. The maximum Gasteiger partial charge on any atom is 0.306 e. The van der Waals surface area contributed by atoms with Crippen LogP contribution in [0.2, 0.25) is 0 Å². The summed E-state index contributed by atoms with van der Waals surface area (Å²) in [7, 11) is -3.58. The Morgan fingerprint density at radius 3 is 1.96 bits per heavy atom. The molecule has 1 unspecified atom stereocenters. The van der Waals surface area contributed by atoms with E-state index in [-0.39, 0.29) is 23.4 Å². The van der Waals surface area contributed by atoms with Crippen LogP contribution in [0.15, 0.2) is 48.5 Å². The van der Waals surface area contributed by atoms with Crippen molar-refractivity contribution < 1.29 is 21.8 Å². The van der Waals surface area contributed by atoms with Crippen LogP contribution in [0.1, 0.15) is 31.4 Å². The lowest BCUT2D eigenvalue weighted by molar-refractivity contribution is -0.136. The zero-order chi connectivity index (χ0) is 20.0. The third-order valence-electron chi connectivity index (χ3n) is 4.18. The Morgan fingerprint density at radius 2 is 1.52 bits per heavy atom. The number of hydrogen-bond acceptors (Lipinski definition) is 4. The number of amides is 1. The number of benzene rings is 2. The van der Waals surface area contributed by atoms with Crippen molar-refractivity contribution >= 4 is 16.0 Å². The first-order valence-corrected chi connectivity index (χ1v) is 10.5. The lowest BCUT2D eigenvalue weighted by Gasteiger charge is -2.26. The summed E-state index contributed by atoms with van der Waals surface area (Å²) >= 11 is 0. The van der Waals surface area contributed by atoms with E-state index in [0.717, 1.165) is 23.8 Å². The predicted octanol–water partition coefficient (Wildman–Crippen LogP) is 3.74. The number of carbonyl (C=O) groups excluding carboxylic acids is 1. The number of halogens is 1. The van der Waals surface area contributed by atoms with Gasteiger partial charge in [-0.25, -0.2) is 4.39 Å². The molecule has 1 amide bonds. The van der Waals surface area contributed by atoms with Crippen LogP contribution in [0.3, 0.4) is 0 Å². The highest BCUT2D eigenvalue weighted by Gasteiger charge is 2.20. The Morgan fingerprint density at radius 1 is 1.04 bits per heavy atom. The van der Waals surface area contributed by atoms with Gasteiger partial charge in [-0.1, -0.05) is 38.1 Å². The Hall–Kier alpha value is -2.41. The van der Waals surface area contributed by atoms with Crippen molar-refractivity contribution in [2.45, 2.75) is 33.4 Å². The molecule has 0 heterocycles. The highest BCUT2D eigenvalue weighted by atomic mass is 32.2. The van der Waals surface area contributed by atoms with Crippen LogP contribution < -0.4 is 4.18 Å². The summed E-state index contributed by atoms with van der Waals surface area (Å²) in [4.78, 5) is 14.5. The summed E-state index contributed by atoms with van der Waals surface area (Å²) in [5, 5.41) is 0. The summed E-state index contributed by atoms with van der Waals surface area (Å²) in [6, 6.07) is 12.6. The molecule has 0 aliphatic rings. The summed E-state index contributed by atoms with van der Waals surface area (Å²) in [5.41, 5.74) is 1.68. The molecule has 0 radical (unpaired) electrons. The molecule has 0 saturated heterocycles. The highest BCUT2D eigenvalue weighted by Crippen LogP contribution is 2.19. The predicted molar refractivity (Wildman–Crippen MR) is 102 cm³/mol. The Balaban J connectivity index is 2.17. The monoisotopic (exact) mass is 393 g/mol. The largest absolute Gasteiger partial charge is 0.383 e. The second-order valence-corrected chi connectivity index (χ2v) is 8.14. The molecule has 1 atom stereocenters. The first kappa shape index (κ1) is 20.9. The molecule has 2 aromatic rings. The number of carbonyl (C=O) groups is 1. The second-order valence-electron chi connectivity index (χ2n) is 6.56. The van der Waals surface area contributed by atoms with Gasteiger partial charge in [-0.05, 0) is 41.8 Å². The van der Waals surface area contributed by atoms with Crippen molar-refractivity contribution in [3.8, 4) is 5.75 Å². The normalized spacial score (nSPS) is 12.4. The second kappa shape index (κ2) is 8.99. The summed E-state index contributed by atoms with van der Waals surface area (Å²) in [5.74, 6) is -0.212. The fraction of sp³-hybridized carbons (Fsp3) is 0.350. The molecule has 27 heavy (non-hydrogen) atoms. The molecule has 2 aromatic carbocycles. The first-order chi connectivity index (χ1) is 12.7. The molecule has 0 aliphatic heterocycles. The van der Waals surface area contributed by atoms with Gasteiger partial charge in [0.05, 0.1) is 6.26 Å². The van der Waals surface area contributed by atoms with Crippen LogP contribution in [0.25, 0.3) is 0 Å². The number of rotatable bonds is 8. The van der Waals surface area contributed by atoms with Gasteiger partial charge >= 0.3 is 10.1 Å². The van der Waals surface area contributed by atoms with E-state index in [1.54, 1.807) is 41.3 Å². The van der Waals surface area contributed by atoms with Crippen molar-refractivity contribution in [2.24, 2.45) is 5.92 Å². The number of hydrogen-bond donors (Lipinski definition) is 0. The van der Waals surface area contributed by atoms with Crippen molar-refractivity contribution in [2.75, 3.05) is 6.26 Å². The zero-order valence-corrected chi connectivity index (χ0v) is 16.5. The van der Waals surface area contributed by atoms with Crippen LogP contribution in [0.5, 0.6) is 5.75 Å². The van der Waals surface area contributed by atoms with E-state index in [9.17, 15) is 17.6 Å². The van der Waals surface area contributed by atoms with Gasteiger partial charge in [-0.3, -0.25) is 4.79 Å². The van der Waals surface area contributed by atoms with E-state index in [1.807, 2.05) is 13.8 Å². The van der Waals surface area contributed by atoms with E-state index in [2.05, 4.69) is 0 Å².